The van der Waals surface area contributed by atoms with Gasteiger partial charge in [0.15, 0.2) is 6.61 Å². The summed E-state index contributed by atoms with van der Waals surface area (Å²) in [6.07, 6.45) is 1.25. The molecular formula is C18H17N3O5. The number of furan rings is 1. The molecule has 0 radical (unpaired) electrons. The van der Waals surface area contributed by atoms with Gasteiger partial charge in [-0.15, -0.1) is 0 Å². The van der Waals surface area contributed by atoms with Crippen molar-refractivity contribution in [3.05, 3.63) is 54.0 Å². The summed E-state index contributed by atoms with van der Waals surface area (Å²) in [4.78, 5) is 35.1. The SMILES string of the molecule is C[C@H](NC(=O)COC(=O)c1ccc(NC(=O)CC#N)cc1)c1ccco1. The van der Waals surface area contributed by atoms with Gasteiger partial charge in [-0.05, 0) is 43.3 Å². The number of rotatable bonds is 7. The first-order valence-electron chi connectivity index (χ1n) is 7.76. The van der Waals surface area contributed by atoms with Crippen LogP contribution in [0.1, 0.15) is 35.5 Å². The number of amides is 2. The number of hydrogen-bond acceptors (Lipinski definition) is 6. The second kappa shape index (κ2) is 9.03. The Morgan fingerprint density at radius 3 is 2.54 bits per heavy atom. The largest absolute Gasteiger partial charge is 0.467 e. The van der Waals surface area contributed by atoms with Gasteiger partial charge in [0.05, 0.1) is 23.9 Å². The number of carbonyl (C=O) groups excluding carboxylic acids is 3. The number of carbonyl (C=O) groups is 3. The molecule has 2 amide bonds. The van der Waals surface area contributed by atoms with Crippen molar-refractivity contribution in [2.45, 2.75) is 19.4 Å². The summed E-state index contributed by atoms with van der Waals surface area (Å²) in [5.74, 6) is -0.966. The predicted molar refractivity (Wildman–Crippen MR) is 90.8 cm³/mol. The minimum atomic E-state index is -0.666. The van der Waals surface area contributed by atoms with Crippen molar-refractivity contribution in [2.24, 2.45) is 0 Å². The van der Waals surface area contributed by atoms with E-state index in [0.717, 1.165) is 0 Å². The van der Waals surface area contributed by atoms with Crippen molar-refractivity contribution in [3.63, 3.8) is 0 Å². The molecule has 2 rings (SSSR count). The Labute approximate surface area is 149 Å². The lowest BCUT2D eigenvalue weighted by atomic mass is 10.2. The van der Waals surface area contributed by atoms with Crippen LogP contribution >= 0.6 is 0 Å². The molecule has 1 atom stereocenters. The molecule has 1 aromatic carbocycles. The summed E-state index contributed by atoms with van der Waals surface area (Å²) < 4.78 is 10.1. The highest BCUT2D eigenvalue weighted by molar-refractivity contribution is 5.94. The van der Waals surface area contributed by atoms with Gasteiger partial charge in [-0.2, -0.15) is 5.26 Å². The zero-order chi connectivity index (χ0) is 18.9. The molecule has 0 spiro atoms. The lowest BCUT2D eigenvalue weighted by Gasteiger charge is -2.11. The maximum absolute atomic E-state index is 11.9. The Morgan fingerprint density at radius 1 is 1.19 bits per heavy atom. The Bertz CT molecular complexity index is 806. The van der Waals surface area contributed by atoms with Crippen LogP contribution in [0.15, 0.2) is 47.1 Å². The molecule has 134 valence electrons. The number of nitrogens with zero attached hydrogens (tertiary/aromatic N) is 1. The molecule has 26 heavy (non-hydrogen) atoms. The van der Waals surface area contributed by atoms with E-state index < -0.39 is 24.4 Å². The number of ether oxygens (including phenoxy) is 1. The van der Waals surface area contributed by atoms with Crippen molar-refractivity contribution >= 4 is 23.5 Å². The van der Waals surface area contributed by atoms with E-state index in [2.05, 4.69) is 10.6 Å². The molecule has 2 aromatic rings. The molecule has 0 unspecified atom stereocenters. The molecule has 8 nitrogen and oxygen atoms in total. The lowest BCUT2D eigenvalue weighted by Crippen LogP contribution is -2.30. The Morgan fingerprint density at radius 2 is 1.92 bits per heavy atom. The van der Waals surface area contributed by atoms with Crippen LogP contribution in [-0.2, 0) is 14.3 Å². The first-order chi connectivity index (χ1) is 12.5. The van der Waals surface area contributed by atoms with Crippen LogP contribution in [0, 0.1) is 11.3 Å². The Kier molecular flexibility index (Phi) is 6.51. The maximum atomic E-state index is 11.9. The predicted octanol–water partition coefficient (Wildman–Crippen LogP) is 2.17. The van der Waals surface area contributed by atoms with Gasteiger partial charge < -0.3 is 19.8 Å². The van der Waals surface area contributed by atoms with Crippen LogP contribution in [0.25, 0.3) is 0 Å². The third kappa shape index (κ3) is 5.49. The van der Waals surface area contributed by atoms with Crippen LogP contribution in [0.5, 0.6) is 0 Å². The molecule has 0 fully saturated rings. The van der Waals surface area contributed by atoms with Gasteiger partial charge >= 0.3 is 5.97 Å². The Hall–Kier alpha value is -3.60. The maximum Gasteiger partial charge on any atom is 0.338 e. The second-order valence-corrected chi connectivity index (χ2v) is 5.34. The van der Waals surface area contributed by atoms with E-state index in [1.165, 1.54) is 30.5 Å². The quantitative estimate of drug-likeness (QED) is 0.734. The van der Waals surface area contributed by atoms with Gasteiger partial charge in [0, 0.05) is 5.69 Å². The fourth-order valence-corrected chi connectivity index (χ4v) is 2.07. The fourth-order valence-electron chi connectivity index (χ4n) is 2.07. The van der Waals surface area contributed by atoms with E-state index in [-0.39, 0.29) is 18.0 Å². The van der Waals surface area contributed by atoms with Crippen molar-refractivity contribution < 1.29 is 23.5 Å². The van der Waals surface area contributed by atoms with Crippen LogP contribution in [-0.4, -0.2) is 24.4 Å². The molecule has 0 aliphatic heterocycles. The number of nitriles is 1. The van der Waals surface area contributed by atoms with Crippen LogP contribution in [0.3, 0.4) is 0 Å². The van der Waals surface area contributed by atoms with Gasteiger partial charge in [0.2, 0.25) is 5.91 Å². The summed E-state index contributed by atoms with van der Waals surface area (Å²) in [6, 6.07) is 10.8. The average Bonchev–Trinajstić information content (AvgIpc) is 3.15. The topological polar surface area (TPSA) is 121 Å². The lowest BCUT2D eigenvalue weighted by molar-refractivity contribution is -0.125. The molecule has 1 heterocycles. The van der Waals surface area contributed by atoms with E-state index in [9.17, 15) is 14.4 Å². The van der Waals surface area contributed by atoms with E-state index in [0.29, 0.717) is 11.4 Å². The normalized spacial score (nSPS) is 11.1. The molecule has 1 aromatic heterocycles. The van der Waals surface area contributed by atoms with Gasteiger partial charge in [0.1, 0.15) is 12.2 Å². The molecule has 0 saturated carbocycles. The number of hydrogen-bond donors (Lipinski definition) is 2. The summed E-state index contributed by atoms with van der Waals surface area (Å²) in [5, 5.41) is 13.6. The van der Waals surface area contributed by atoms with E-state index in [1.54, 1.807) is 25.1 Å². The number of esters is 1. The minimum Gasteiger partial charge on any atom is -0.467 e. The molecular weight excluding hydrogens is 338 g/mol. The minimum absolute atomic E-state index is 0.232. The molecule has 0 bridgehead atoms. The third-order valence-corrected chi connectivity index (χ3v) is 3.33. The summed E-state index contributed by atoms with van der Waals surface area (Å²) in [6.45, 7) is 1.32. The summed E-state index contributed by atoms with van der Waals surface area (Å²) >= 11 is 0. The zero-order valence-electron chi connectivity index (χ0n) is 14.0. The highest BCUT2D eigenvalue weighted by atomic mass is 16.5. The molecule has 2 N–H and O–H groups in total. The van der Waals surface area contributed by atoms with Gasteiger partial charge in [-0.3, -0.25) is 9.59 Å². The monoisotopic (exact) mass is 355 g/mol. The smallest absolute Gasteiger partial charge is 0.338 e. The van der Waals surface area contributed by atoms with Gasteiger partial charge in [-0.1, -0.05) is 0 Å². The van der Waals surface area contributed by atoms with Crippen molar-refractivity contribution in [3.8, 4) is 6.07 Å². The Balaban J connectivity index is 1.81. The highest BCUT2D eigenvalue weighted by Crippen LogP contribution is 2.13. The van der Waals surface area contributed by atoms with E-state index >= 15 is 0 Å². The molecule has 0 aliphatic carbocycles. The third-order valence-electron chi connectivity index (χ3n) is 3.33. The van der Waals surface area contributed by atoms with E-state index in [4.69, 9.17) is 14.4 Å². The van der Waals surface area contributed by atoms with Gasteiger partial charge in [0.25, 0.3) is 5.91 Å². The highest BCUT2D eigenvalue weighted by Gasteiger charge is 2.14. The van der Waals surface area contributed by atoms with Crippen molar-refractivity contribution in [1.82, 2.24) is 5.32 Å². The first-order valence-corrected chi connectivity index (χ1v) is 7.76. The number of benzene rings is 1. The molecule has 0 aliphatic rings. The van der Waals surface area contributed by atoms with Crippen molar-refractivity contribution in [1.29, 1.82) is 5.26 Å². The first kappa shape index (κ1) is 18.7. The summed E-state index contributed by atoms with van der Waals surface area (Å²) in [7, 11) is 0. The summed E-state index contributed by atoms with van der Waals surface area (Å²) in [5.41, 5.74) is 0.682. The zero-order valence-corrected chi connectivity index (χ0v) is 14.0. The second-order valence-electron chi connectivity index (χ2n) is 5.34. The molecule has 8 heteroatoms. The molecule has 0 saturated heterocycles. The standard InChI is InChI=1S/C18H17N3O5/c1-12(15-3-2-10-25-15)20-17(23)11-26-18(24)13-4-6-14(7-5-13)21-16(22)8-9-19/h2-7,10,12H,8,11H2,1H3,(H,20,23)(H,21,22)/t12-/m0/s1. The van der Waals surface area contributed by atoms with E-state index in [1.807, 2.05) is 0 Å². The van der Waals surface area contributed by atoms with Crippen LogP contribution in [0.2, 0.25) is 0 Å². The number of nitrogens with one attached hydrogen (secondary N) is 2. The average molecular weight is 355 g/mol. The van der Waals surface area contributed by atoms with Gasteiger partial charge in [-0.25, -0.2) is 4.79 Å². The van der Waals surface area contributed by atoms with Crippen molar-refractivity contribution in [2.75, 3.05) is 11.9 Å². The number of anilines is 1. The fraction of sp³-hybridized carbons (Fsp3) is 0.222. The van der Waals surface area contributed by atoms with Crippen LogP contribution < -0.4 is 10.6 Å². The van der Waals surface area contributed by atoms with Crippen LogP contribution in [0.4, 0.5) is 5.69 Å².